The molecule has 0 spiro atoms. The van der Waals surface area contributed by atoms with Crippen molar-refractivity contribution in [2.24, 2.45) is 16.3 Å². The number of hydrogen-bond donors (Lipinski definition) is 3. The summed E-state index contributed by atoms with van der Waals surface area (Å²) in [6.45, 7) is 0.371. The molecule has 1 aromatic carbocycles. The van der Waals surface area contributed by atoms with Crippen LogP contribution in [0.5, 0.6) is 0 Å². The van der Waals surface area contributed by atoms with Gasteiger partial charge in [-0.25, -0.2) is 0 Å². The fourth-order valence-corrected chi connectivity index (χ4v) is 2.18. The number of halogens is 3. The molecule has 0 amide bonds. The maximum Gasteiger partial charge on any atom is 0.418 e. The Hall–Kier alpha value is -1.92. The molecule has 0 bridgehead atoms. The minimum atomic E-state index is -4.38. The van der Waals surface area contributed by atoms with Crippen LogP contribution >= 0.6 is 0 Å². The van der Waals surface area contributed by atoms with E-state index in [0.29, 0.717) is 13.0 Å². The van der Waals surface area contributed by atoms with Crippen LogP contribution in [0.4, 0.5) is 18.9 Å². The molecule has 20 heavy (non-hydrogen) atoms. The Kier molecular flexibility index (Phi) is 3.78. The summed E-state index contributed by atoms with van der Waals surface area (Å²) >= 11 is 0. The molecule has 0 atom stereocenters. The molecule has 7 heteroatoms. The molecule has 1 aromatic rings. The molecule has 1 aliphatic carbocycles. The highest BCUT2D eigenvalue weighted by atomic mass is 19.4. The number of para-hydroxylation sites is 1. The predicted molar refractivity (Wildman–Crippen MR) is 69.6 cm³/mol. The van der Waals surface area contributed by atoms with Gasteiger partial charge in [-0.05, 0) is 30.4 Å². The standard InChI is InChI=1S/C13H16F3N3O/c14-13(15,16)9-3-1-2-4-10(9)18-8-12(5-6-12)7-11(17)19-20/h1-4,18,20H,5-8H2,(H2,17,19). The van der Waals surface area contributed by atoms with E-state index >= 15 is 0 Å². The largest absolute Gasteiger partial charge is 0.418 e. The Morgan fingerprint density at radius 3 is 2.55 bits per heavy atom. The van der Waals surface area contributed by atoms with Gasteiger partial charge >= 0.3 is 6.18 Å². The number of rotatable bonds is 5. The Balaban J connectivity index is 2.05. The summed E-state index contributed by atoms with van der Waals surface area (Å²) in [5.41, 5.74) is 4.64. The van der Waals surface area contributed by atoms with Gasteiger partial charge in [0.1, 0.15) is 5.84 Å². The second-order valence-electron chi connectivity index (χ2n) is 5.17. The zero-order valence-electron chi connectivity index (χ0n) is 10.7. The minimum Gasteiger partial charge on any atom is -0.409 e. The first-order valence-electron chi connectivity index (χ1n) is 6.23. The molecular formula is C13H16F3N3O. The van der Waals surface area contributed by atoms with Gasteiger partial charge in [0.05, 0.1) is 5.56 Å². The van der Waals surface area contributed by atoms with Crippen molar-refractivity contribution in [2.75, 3.05) is 11.9 Å². The van der Waals surface area contributed by atoms with Crippen LogP contribution in [-0.4, -0.2) is 17.6 Å². The molecule has 1 fully saturated rings. The summed E-state index contributed by atoms with van der Waals surface area (Å²) in [6, 6.07) is 5.37. The summed E-state index contributed by atoms with van der Waals surface area (Å²) in [5.74, 6) is 0.105. The van der Waals surface area contributed by atoms with Crippen molar-refractivity contribution in [3.63, 3.8) is 0 Å². The molecule has 2 rings (SSSR count). The van der Waals surface area contributed by atoms with Crippen LogP contribution in [0.1, 0.15) is 24.8 Å². The summed E-state index contributed by atoms with van der Waals surface area (Å²) in [5, 5.41) is 14.3. The van der Waals surface area contributed by atoms with Gasteiger partial charge in [-0.15, -0.1) is 0 Å². The van der Waals surface area contributed by atoms with E-state index < -0.39 is 11.7 Å². The summed E-state index contributed by atoms with van der Waals surface area (Å²) < 4.78 is 38.5. The number of nitrogens with one attached hydrogen (secondary N) is 1. The van der Waals surface area contributed by atoms with Crippen LogP contribution in [0.25, 0.3) is 0 Å². The van der Waals surface area contributed by atoms with E-state index in [1.165, 1.54) is 12.1 Å². The summed E-state index contributed by atoms with van der Waals surface area (Å²) in [4.78, 5) is 0. The topological polar surface area (TPSA) is 70.6 Å². The van der Waals surface area contributed by atoms with E-state index in [4.69, 9.17) is 10.9 Å². The number of amidine groups is 1. The molecule has 4 nitrogen and oxygen atoms in total. The van der Waals surface area contributed by atoms with Gasteiger partial charge in [0, 0.05) is 18.7 Å². The lowest BCUT2D eigenvalue weighted by Crippen LogP contribution is -2.24. The number of nitrogens with two attached hydrogens (primary N) is 1. The third kappa shape index (κ3) is 3.34. The van der Waals surface area contributed by atoms with E-state index in [9.17, 15) is 13.2 Å². The minimum absolute atomic E-state index is 0.0609. The number of anilines is 1. The van der Waals surface area contributed by atoms with E-state index in [1.54, 1.807) is 6.07 Å². The van der Waals surface area contributed by atoms with Crippen LogP contribution in [0.15, 0.2) is 29.4 Å². The summed E-state index contributed by atoms with van der Waals surface area (Å²) in [7, 11) is 0. The lowest BCUT2D eigenvalue weighted by molar-refractivity contribution is -0.137. The predicted octanol–water partition coefficient (Wildman–Crippen LogP) is 3.03. The fraction of sp³-hybridized carbons (Fsp3) is 0.462. The van der Waals surface area contributed by atoms with Gasteiger partial charge in [0.15, 0.2) is 0 Å². The SMILES string of the molecule is NC(CC1(CNc2ccccc2C(F)(F)F)CC1)=NO. The monoisotopic (exact) mass is 287 g/mol. The number of hydrogen-bond acceptors (Lipinski definition) is 3. The quantitative estimate of drug-likeness (QED) is 0.337. The van der Waals surface area contributed by atoms with Crippen LogP contribution in [-0.2, 0) is 6.18 Å². The Morgan fingerprint density at radius 2 is 2.00 bits per heavy atom. The van der Waals surface area contributed by atoms with Crippen LogP contribution in [0, 0.1) is 5.41 Å². The number of oxime groups is 1. The molecule has 0 unspecified atom stereocenters. The van der Waals surface area contributed by atoms with Crippen molar-refractivity contribution in [1.82, 2.24) is 0 Å². The normalized spacial score (nSPS) is 17.9. The lowest BCUT2D eigenvalue weighted by Gasteiger charge is -2.19. The zero-order valence-corrected chi connectivity index (χ0v) is 10.7. The number of nitrogens with zero attached hydrogens (tertiary/aromatic N) is 1. The maximum absolute atomic E-state index is 12.8. The fourth-order valence-electron chi connectivity index (χ4n) is 2.18. The molecule has 0 aromatic heterocycles. The van der Waals surface area contributed by atoms with Gasteiger partial charge in [0.2, 0.25) is 0 Å². The van der Waals surface area contributed by atoms with Gasteiger partial charge in [0.25, 0.3) is 0 Å². The van der Waals surface area contributed by atoms with Crippen molar-refractivity contribution in [1.29, 1.82) is 0 Å². The van der Waals surface area contributed by atoms with Crippen molar-refractivity contribution in [3.8, 4) is 0 Å². The van der Waals surface area contributed by atoms with E-state index in [2.05, 4.69) is 10.5 Å². The highest BCUT2D eigenvalue weighted by Crippen LogP contribution is 2.49. The van der Waals surface area contributed by atoms with Gasteiger partial charge in [-0.2, -0.15) is 13.2 Å². The first-order valence-corrected chi connectivity index (χ1v) is 6.23. The first kappa shape index (κ1) is 14.5. The molecule has 0 heterocycles. The Morgan fingerprint density at radius 1 is 1.35 bits per heavy atom. The molecule has 0 saturated heterocycles. The average molecular weight is 287 g/mol. The zero-order chi connectivity index (χ0) is 14.8. The van der Waals surface area contributed by atoms with E-state index in [1.807, 2.05) is 0 Å². The van der Waals surface area contributed by atoms with E-state index in [-0.39, 0.29) is 16.9 Å². The molecule has 110 valence electrons. The molecule has 1 saturated carbocycles. The third-order valence-corrected chi connectivity index (χ3v) is 3.53. The Bertz CT molecular complexity index is 510. The number of benzene rings is 1. The highest BCUT2D eigenvalue weighted by Gasteiger charge is 2.43. The van der Waals surface area contributed by atoms with Crippen molar-refractivity contribution in [2.45, 2.75) is 25.4 Å². The smallest absolute Gasteiger partial charge is 0.409 e. The first-order chi connectivity index (χ1) is 9.36. The van der Waals surface area contributed by atoms with Crippen LogP contribution < -0.4 is 11.1 Å². The van der Waals surface area contributed by atoms with Gasteiger partial charge < -0.3 is 16.3 Å². The van der Waals surface area contributed by atoms with Crippen molar-refractivity contribution in [3.05, 3.63) is 29.8 Å². The second kappa shape index (κ2) is 5.22. The second-order valence-corrected chi connectivity index (χ2v) is 5.17. The number of alkyl halides is 3. The maximum atomic E-state index is 12.8. The van der Waals surface area contributed by atoms with Crippen molar-refractivity contribution < 1.29 is 18.4 Å². The van der Waals surface area contributed by atoms with Crippen LogP contribution in [0.3, 0.4) is 0 Å². The molecule has 1 aliphatic rings. The third-order valence-electron chi connectivity index (χ3n) is 3.53. The van der Waals surface area contributed by atoms with E-state index in [0.717, 1.165) is 18.9 Å². The molecule has 0 aliphatic heterocycles. The highest BCUT2D eigenvalue weighted by molar-refractivity contribution is 5.80. The molecule has 0 radical (unpaired) electrons. The lowest BCUT2D eigenvalue weighted by atomic mass is 10.0. The molecular weight excluding hydrogens is 271 g/mol. The molecule has 4 N–H and O–H groups in total. The van der Waals surface area contributed by atoms with Gasteiger partial charge in [-0.1, -0.05) is 17.3 Å². The van der Waals surface area contributed by atoms with Crippen LogP contribution in [0.2, 0.25) is 0 Å². The van der Waals surface area contributed by atoms with Crippen molar-refractivity contribution >= 4 is 11.5 Å². The average Bonchev–Trinajstić information content (AvgIpc) is 3.16. The summed E-state index contributed by atoms with van der Waals surface area (Å²) in [6.07, 6.45) is -2.30. The van der Waals surface area contributed by atoms with Gasteiger partial charge in [-0.3, -0.25) is 0 Å². The Labute approximate surface area is 114 Å².